The largest absolute Gasteiger partial charge is 0.461 e. The van der Waals surface area contributed by atoms with Crippen LogP contribution in [0.15, 0.2) is 30.3 Å². The van der Waals surface area contributed by atoms with Gasteiger partial charge in [-0.15, -0.1) is 0 Å². The molecular weight excluding hydrogens is 228 g/mol. The molecule has 18 heavy (non-hydrogen) atoms. The van der Waals surface area contributed by atoms with E-state index in [9.17, 15) is 4.79 Å². The number of ether oxygens (including phenoxy) is 1. The standard InChI is InChI=1S/C14H20N2O2/c1-11(15)7-16-8-13(9-16)14(17)18-10-12-5-3-2-4-6-12/h2-6,11,13H,7-10,15H2,1H3. The first-order valence-electron chi connectivity index (χ1n) is 6.33. The molecule has 0 aromatic heterocycles. The highest BCUT2D eigenvalue weighted by Gasteiger charge is 2.33. The van der Waals surface area contributed by atoms with Crippen molar-refractivity contribution in [1.82, 2.24) is 4.90 Å². The number of esters is 1. The second-order valence-electron chi connectivity index (χ2n) is 4.99. The SMILES string of the molecule is CC(N)CN1CC(C(=O)OCc2ccccc2)C1. The Morgan fingerprint density at radius 3 is 2.72 bits per heavy atom. The maximum Gasteiger partial charge on any atom is 0.311 e. The third-order valence-corrected chi connectivity index (χ3v) is 3.06. The maximum atomic E-state index is 11.7. The van der Waals surface area contributed by atoms with E-state index in [-0.39, 0.29) is 17.9 Å². The minimum atomic E-state index is -0.0974. The summed E-state index contributed by atoms with van der Waals surface area (Å²) in [7, 11) is 0. The molecule has 1 aromatic carbocycles. The van der Waals surface area contributed by atoms with E-state index in [0.29, 0.717) is 6.61 Å². The van der Waals surface area contributed by atoms with Crippen LogP contribution in [0.3, 0.4) is 0 Å². The van der Waals surface area contributed by atoms with E-state index >= 15 is 0 Å². The highest BCUT2D eigenvalue weighted by Crippen LogP contribution is 2.17. The molecule has 1 fully saturated rings. The predicted molar refractivity (Wildman–Crippen MR) is 69.8 cm³/mol. The summed E-state index contributed by atoms with van der Waals surface area (Å²) in [6.45, 7) is 4.73. The average Bonchev–Trinajstić information content (AvgIpc) is 2.31. The van der Waals surface area contributed by atoms with Gasteiger partial charge in [0, 0.05) is 25.7 Å². The van der Waals surface area contributed by atoms with Gasteiger partial charge in [-0.25, -0.2) is 0 Å². The van der Waals surface area contributed by atoms with Crippen molar-refractivity contribution in [2.45, 2.75) is 19.6 Å². The molecule has 1 heterocycles. The number of rotatable bonds is 5. The van der Waals surface area contributed by atoms with Crippen molar-refractivity contribution in [3.8, 4) is 0 Å². The normalized spacial score (nSPS) is 18.1. The maximum absolute atomic E-state index is 11.7. The van der Waals surface area contributed by atoms with E-state index in [1.54, 1.807) is 0 Å². The molecule has 4 nitrogen and oxygen atoms in total. The quantitative estimate of drug-likeness (QED) is 0.790. The molecule has 0 radical (unpaired) electrons. The van der Waals surface area contributed by atoms with E-state index in [1.165, 1.54) is 0 Å². The third-order valence-electron chi connectivity index (χ3n) is 3.06. The molecule has 0 spiro atoms. The van der Waals surface area contributed by atoms with Crippen molar-refractivity contribution in [2.75, 3.05) is 19.6 Å². The van der Waals surface area contributed by atoms with Gasteiger partial charge in [0.05, 0.1) is 5.92 Å². The van der Waals surface area contributed by atoms with Crippen LogP contribution in [-0.4, -0.2) is 36.5 Å². The molecule has 0 amide bonds. The first-order valence-corrected chi connectivity index (χ1v) is 6.33. The van der Waals surface area contributed by atoms with Crippen LogP contribution in [0.1, 0.15) is 12.5 Å². The minimum Gasteiger partial charge on any atom is -0.461 e. The summed E-state index contributed by atoms with van der Waals surface area (Å²) >= 11 is 0. The molecule has 98 valence electrons. The van der Waals surface area contributed by atoms with Crippen LogP contribution in [0.25, 0.3) is 0 Å². The Bertz CT molecular complexity index is 386. The van der Waals surface area contributed by atoms with Gasteiger partial charge in [0.15, 0.2) is 0 Å². The second-order valence-corrected chi connectivity index (χ2v) is 4.99. The van der Waals surface area contributed by atoms with Crippen LogP contribution in [0.5, 0.6) is 0 Å². The number of likely N-dealkylation sites (tertiary alicyclic amines) is 1. The Labute approximate surface area is 108 Å². The lowest BCUT2D eigenvalue weighted by atomic mass is 10.00. The molecule has 0 bridgehead atoms. The number of nitrogens with zero attached hydrogens (tertiary/aromatic N) is 1. The molecule has 0 saturated carbocycles. The van der Waals surface area contributed by atoms with Crippen molar-refractivity contribution in [3.05, 3.63) is 35.9 Å². The molecule has 1 aliphatic heterocycles. The van der Waals surface area contributed by atoms with Gasteiger partial charge in [0.2, 0.25) is 0 Å². The van der Waals surface area contributed by atoms with Crippen molar-refractivity contribution in [1.29, 1.82) is 0 Å². The lowest BCUT2D eigenvalue weighted by molar-refractivity contribution is -0.155. The van der Waals surface area contributed by atoms with Crippen LogP contribution in [0.4, 0.5) is 0 Å². The lowest BCUT2D eigenvalue weighted by Gasteiger charge is -2.38. The highest BCUT2D eigenvalue weighted by molar-refractivity contribution is 5.74. The van der Waals surface area contributed by atoms with Gasteiger partial charge < -0.3 is 10.5 Å². The van der Waals surface area contributed by atoms with Crippen molar-refractivity contribution >= 4 is 5.97 Å². The molecule has 2 rings (SSSR count). The third kappa shape index (κ3) is 3.55. The van der Waals surface area contributed by atoms with Crippen molar-refractivity contribution in [3.63, 3.8) is 0 Å². The fourth-order valence-electron chi connectivity index (χ4n) is 2.12. The summed E-state index contributed by atoms with van der Waals surface area (Å²) in [6.07, 6.45) is 0. The molecule has 1 saturated heterocycles. The average molecular weight is 248 g/mol. The predicted octanol–water partition coefficient (Wildman–Crippen LogP) is 1.01. The first kappa shape index (κ1) is 13.1. The number of hydrogen-bond acceptors (Lipinski definition) is 4. The molecule has 2 N–H and O–H groups in total. The second kappa shape index (κ2) is 5.98. The topological polar surface area (TPSA) is 55.6 Å². The van der Waals surface area contributed by atoms with Gasteiger partial charge in [-0.1, -0.05) is 30.3 Å². The van der Waals surface area contributed by atoms with Gasteiger partial charge in [0.25, 0.3) is 0 Å². The van der Waals surface area contributed by atoms with E-state index in [0.717, 1.165) is 25.2 Å². The molecule has 1 unspecified atom stereocenters. The Kier molecular flexibility index (Phi) is 4.33. The van der Waals surface area contributed by atoms with Crippen LogP contribution in [0, 0.1) is 5.92 Å². The van der Waals surface area contributed by atoms with Crippen LogP contribution >= 0.6 is 0 Å². The number of carbonyl (C=O) groups is 1. The Morgan fingerprint density at radius 2 is 2.11 bits per heavy atom. The van der Waals surface area contributed by atoms with E-state index in [4.69, 9.17) is 10.5 Å². The van der Waals surface area contributed by atoms with Gasteiger partial charge >= 0.3 is 5.97 Å². The summed E-state index contributed by atoms with van der Waals surface area (Å²) in [5.41, 5.74) is 6.73. The smallest absolute Gasteiger partial charge is 0.311 e. The van der Waals surface area contributed by atoms with Gasteiger partial charge in [-0.3, -0.25) is 9.69 Å². The first-order chi connectivity index (χ1) is 8.65. The van der Waals surface area contributed by atoms with E-state index in [2.05, 4.69) is 4.90 Å². The number of nitrogens with two attached hydrogens (primary N) is 1. The van der Waals surface area contributed by atoms with Crippen LogP contribution in [-0.2, 0) is 16.1 Å². The fraction of sp³-hybridized carbons (Fsp3) is 0.500. The van der Waals surface area contributed by atoms with Crippen molar-refractivity contribution in [2.24, 2.45) is 11.7 Å². The summed E-state index contributed by atoms with van der Waals surface area (Å²) < 4.78 is 5.29. The summed E-state index contributed by atoms with van der Waals surface area (Å²) in [6, 6.07) is 9.90. The summed E-state index contributed by atoms with van der Waals surface area (Å²) in [5.74, 6) is -0.0766. The monoisotopic (exact) mass is 248 g/mol. The zero-order valence-corrected chi connectivity index (χ0v) is 10.7. The lowest BCUT2D eigenvalue weighted by Crippen LogP contribution is -2.53. The van der Waals surface area contributed by atoms with Gasteiger partial charge in [0.1, 0.15) is 6.61 Å². The Hall–Kier alpha value is -1.39. The molecule has 0 aliphatic carbocycles. The summed E-state index contributed by atoms with van der Waals surface area (Å²) in [5, 5.41) is 0. The number of benzene rings is 1. The van der Waals surface area contributed by atoms with Crippen LogP contribution in [0.2, 0.25) is 0 Å². The minimum absolute atomic E-state index is 0.0208. The zero-order valence-electron chi connectivity index (χ0n) is 10.7. The zero-order chi connectivity index (χ0) is 13.0. The molecule has 1 aliphatic rings. The Morgan fingerprint density at radius 1 is 1.44 bits per heavy atom. The number of hydrogen-bond donors (Lipinski definition) is 1. The highest BCUT2D eigenvalue weighted by atomic mass is 16.5. The van der Waals surface area contributed by atoms with Crippen molar-refractivity contribution < 1.29 is 9.53 Å². The fourth-order valence-corrected chi connectivity index (χ4v) is 2.12. The number of carbonyl (C=O) groups excluding carboxylic acids is 1. The van der Waals surface area contributed by atoms with E-state index < -0.39 is 0 Å². The van der Waals surface area contributed by atoms with Gasteiger partial charge in [-0.2, -0.15) is 0 Å². The van der Waals surface area contributed by atoms with Crippen LogP contribution < -0.4 is 5.73 Å². The summed E-state index contributed by atoms with van der Waals surface area (Å²) in [4.78, 5) is 13.9. The molecule has 1 atom stereocenters. The molecule has 4 heteroatoms. The molecule has 1 aromatic rings. The Balaban J connectivity index is 1.68. The van der Waals surface area contributed by atoms with Gasteiger partial charge in [-0.05, 0) is 12.5 Å². The molecular formula is C14H20N2O2. The van der Waals surface area contributed by atoms with E-state index in [1.807, 2.05) is 37.3 Å².